The molecule has 15 nitrogen and oxygen atoms in total. The molecule has 2 fully saturated rings. The normalized spacial score (nSPS) is 32.5. The predicted octanol–water partition coefficient (Wildman–Crippen LogP) is -0.102. The van der Waals surface area contributed by atoms with Crippen molar-refractivity contribution in [3.8, 4) is 11.5 Å². The Morgan fingerprint density at radius 3 is 2.02 bits per heavy atom. The van der Waals surface area contributed by atoms with Crippen molar-refractivity contribution in [2.75, 3.05) is 26.9 Å². The first-order chi connectivity index (χ1) is 21.3. The van der Waals surface area contributed by atoms with E-state index < -0.39 is 85.6 Å². The van der Waals surface area contributed by atoms with Crippen LogP contribution in [-0.2, 0) is 48.6 Å². The average Bonchev–Trinajstić information content (AvgIpc) is 3.38. The van der Waals surface area contributed by atoms with E-state index in [1.54, 1.807) is 42.5 Å². The maximum absolute atomic E-state index is 12.9. The molecule has 4 rings (SSSR count). The van der Waals surface area contributed by atoms with Crippen LogP contribution in [0.1, 0.15) is 26.3 Å². The number of rotatable bonds is 12. The second-order valence-electron chi connectivity index (χ2n) is 10.5. The van der Waals surface area contributed by atoms with Crippen LogP contribution in [0.5, 0.6) is 11.5 Å². The second kappa shape index (κ2) is 13.7. The van der Waals surface area contributed by atoms with E-state index in [-0.39, 0.29) is 11.3 Å². The molecule has 45 heavy (non-hydrogen) atoms. The maximum Gasteiger partial charge on any atom is 0.324 e. The molecule has 8 atom stereocenters. The SMILES string of the molecule is COc1ccc(OC2(c3ccccc3)O[C@H](COC(C)=O)[C@@H](OC(C)=O)[C@@]2(OC[C@@]2(CO)O[C@@H](O)[C@H](O)[C@@H]2O)OC(C)=O)cc1. The molecule has 0 aromatic heterocycles. The van der Waals surface area contributed by atoms with Gasteiger partial charge in [0.15, 0.2) is 6.29 Å². The van der Waals surface area contributed by atoms with Crippen molar-refractivity contribution in [3.05, 3.63) is 60.2 Å². The van der Waals surface area contributed by atoms with Crippen molar-refractivity contribution in [2.24, 2.45) is 0 Å². The summed E-state index contributed by atoms with van der Waals surface area (Å²) in [5, 5.41) is 41.4. The molecular formula is C30H36O15. The summed E-state index contributed by atoms with van der Waals surface area (Å²) in [6.45, 7) is 0.821. The first-order valence-electron chi connectivity index (χ1n) is 13.9. The molecule has 2 saturated heterocycles. The van der Waals surface area contributed by atoms with Gasteiger partial charge in [0.25, 0.3) is 0 Å². The Morgan fingerprint density at radius 2 is 1.51 bits per heavy atom. The Labute approximate surface area is 258 Å². The summed E-state index contributed by atoms with van der Waals surface area (Å²) in [7, 11) is 1.47. The van der Waals surface area contributed by atoms with E-state index in [2.05, 4.69) is 0 Å². The van der Waals surface area contributed by atoms with Gasteiger partial charge in [0.05, 0.1) is 20.3 Å². The van der Waals surface area contributed by atoms with Crippen molar-refractivity contribution in [1.29, 1.82) is 0 Å². The van der Waals surface area contributed by atoms with Crippen LogP contribution >= 0.6 is 0 Å². The lowest BCUT2D eigenvalue weighted by atomic mass is 9.91. The molecule has 2 aliphatic heterocycles. The Hall–Kier alpha value is -3.83. The fourth-order valence-corrected chi connectivity index (χ4v) is 5.25. The smallest absolute Gasteiger partial charge is 0.324 e. The zero-order valence-electron chi connectivity index (χ0n) is 25.0. The summed E-state index contributed by atoms with van der Waals surface area (Å²) in [5.74, 6) is -6.98. The molecule has 2 heterocycles. The van der Waals surface area contributed by atoms with Crippen LogP contribution in [0, 0.1) is 0 Å². The highest BCUT2D eigenvalue weighted by atomic mass is 16.8. The van der Waals surface area contributed by atoms with Gasteiger partial charge in [-0.25, -0.2) is 0 Å². The van der Waals surface area contributed by atoms with Crippen LogP contribution in [0.3, 0.4) is 0 Å². The monoisotopic (exact) mass is 636 g/mol. The number of hydrogen-bond donors (Lipinski definition) is 4. The molecule has 0 saturated carbocycles. The first-order valence-corrected chi connectivity index (χ1v) is 13.9. The third-order valence-corrected chi connectivity index (χ3v) is 7.31. The van der Waals surface area contributed by atoms with Gasteiger partial charge in [0, 0.05) is 26.3 Å². The number of hydrogen-bond acceptors (Lipinski definition) is 15. The molecule has 0 spiro atoms. The average molecular weight is 637 g/mol. The van der Waals surface area contributed by atoms with Gasteiger partial charge in [-0.15, -0.1) is 0 Å². The largest absolute Gasteiger partial charge is 0.497 e. The van der Waals surface area contributed by atoms with Crippen LogP contribution in [0.25, 0.3) is 0 Å². The molecule has 0 bridgehead atoms. The number of benzene rings is 2. The fourth-order valence-electron chi connectivity index (χ4n) is 5.25. The first kappa shape index (κ1) is 34.1. The zero-order chi connectivity index (χ0) is 33.0. The Morgan fingerprint density at radius 1 is 0.867 bits per heavy atom. The van der Waals surface area contributed by atoms with Crippen LogP contribution < -0.4 is 9.47 Å². The summed E-state index contributed by atoms with van der Waals surface area (Å²) in [6.07, 6.45) is -8.81. The molecule has 0 amide bonds. The summed E-state index contributed by atoms with van der Waals surface area (Å²) in [5.41, 5.74) is -2.01. The Bertz CT molecular complexity index is 1340. The summed E-state index contributed by atoms with van der Waals surface area (Å²) < 4.78 is 46.5. The molecule has 4 N–H and O–H groups in total. The minimum atomic E-state index is -2.64. The lowest BCUT2D eigenvalue weighted by molar-refractivity contribution is -0.371. The number of aliphatic hydroxyl groups excluding tert-OH is 4. The highest BCUT2D eigenvalue weighted by Gasteiger charge is 2.76. The molecule has 0 radical (unpaired) electrons. The highest BCUT2D eigenvalue weighted by Crippen LogP contribution is 2.53. The van der Waals surface area contributed by atoms with Gasteiger partial charge in [0.1, 0.15) is 42.0 Å². The minimum absolute atomic E-state index is 0.120. The zero-order valence-corrected chi connectivity index (χ0v) is 25.0. The molecule has 15 heteroatoms. The van der Waals surface area contributed by atoms with Crippen molar-refractivity contribution >= 4 is 17.9 Å². The summed E-state index contributed by atoms with van der Waals surface area (Å²) in [6, 6.07) is 14.2. The second-order valence-corrected chi connectivity index (χ2v) is 10.5. The Balaban J connectivity index is 1.98. The van der Waals surface area contributed by atoms with E-state index in [9.17, 15) is 34.8 Å². The number of methoxy groups -OCH3 is 1. The minimum Gasteiger partial charge on any atom is -0.497 e. The quantitative estimate of drug-likeness (QED) is 0.136. The van der Waals surface area contributed by atoms with E-state index >= 15 is 0 Å². The van der Waals surface area contributed by atoms with E-state index in [0.717, 1.165) is 20.8 Å². The molecule has 2 aromatic rings. The third kappa shape index (κ3) is 6.60. The van der Waals surface area contributed by atoms with Crippen molar-refractivity contribution in [2.45, 2.75) is 68.7 Å². The maximum atomic E-state index is 12.9. The van der Waals surface area contributed by atoms with E-state index in [1.165, 1.54) is 19.2 Å². The van der Waals surface area contributed by atoms with Gasteiger partial charge in [-0.1, -0.05) is 30.3 Å². The lowest BCUT2D eigenvalue weighted by Gasteiger charge is -2.45. The van der Waals surface area contributed by atoms with Gasteiger partial charge in [-0.2, -0.15) is 0 Å². The van der Waals surface area contributed by atoms with Crippen molar-refractivity contribution in [1.82, 2.24) is 0 Å². The van der Waals surface area contributed by atoms with Crippen molar-refractivity contribution in [3.63, 3.8) is 0 Å². The van der Waals surface area contributed by atoms with Gasteiger partial charge < -0.3 is 58.3 Å². The summed E-state index contributed by atoms with van der Waals surface area (Å²) >= 11 is 0. The molecule has 246 valence electrons. The third-order valence-electron chi connectivity index (χ3n) is 7.31. The van der Waals surface area contributed by atoms with Crippen LogP contribution in [0.15, 0.2) is 54.6 Å². The van der Waals surface area contributed by atoms with Gasteiger partial charge in [0.2, 0.25) is 6.10 Å². The van der Waals surface area contributed by atoms with Crippen LogP contribution in [0.4, 0.5) is 0 Å². The lowest BCUT2D eigenvalue weighted by Crippen LogP contribution is -2.65. The number of esters is 3. The topological polar surface area (TPSA) is 206 Å². The molecule has 2 aromatic carbocycles. The van der Waals surface area contributed by atoms with E-state index in [1.807, 2.05) is 0 Å². The number of ether oxygens (including phenoxy) is 8. The molecule has 2 aliphatic rings. The van der Waals surface area contributed by atoms with Gasteiger partial charge in [-0.05, 0) is 24.3 Å². The fraction of sp³-hybridized carbons (Fsp3) is 0.500. The highest BCUT2D eigenvalue weighted by molar-refractivity contribution is 5.68. The number of aliphatic hydroxyl groups is 4. The number of carbonyl (C=O) groups excluding carboxylic acids is 3. The number of carbonyl (C=O) groups is 3. The van der Waals surface area contributed by atoms with Crippen molar-refractivity contribution < 1.29 is 72.7 Å². The van der Waals surface area contributed by atoms with Gasteiger partial charge in [-0.3, -0.25) is 14.4 Å². The van der Waals surface area contributed by atoms with E-state index in [0.29, 0.717) is 5.75 Å². The van der Waals surface area contributed by atoms with E-state index in [4.69, 9.17) is 37.9 Å². The standard InChI is InChI=1S/C30H36O15/c1-17(32)39-14-23-26(41-18(2)33)30(42-19(3)34,40-16-28(15-31)25(36)24(35)27(37)45-28)29(44-23,20-8-6-5-7-9-20)43-22-12-10-21(38-4)11-13-22/h5-13,23-27,31,35-37H,14-16H2,1-4H3/t23-,24-,25+,26-,27-,28-,29?,30-/m1/s1. The predicted molar refractivity (Wildman–Crippen MR) is 148 cm³/mol. The molecular weight excluding hydrogens is 600 g/mol. The van der Waals surface area contributed by atoms with Crippen LogP contribution in [0.2, 0.25) is 0 Å². The summed E-state index contributed by atoms with van der Waals surface area (Å²) in [4.78, 5) is 37.3. The molecule has 0 aliphatic carbocycles. The molecule has 1 unspecified atom stereocenters. The Kier molecular flexibility index (Phi) is 10.3. The van der Waals surface area contributed by atoms with Crippen LogP contribution in [-0.4, -0.2) is 107 Å². The van der Waals surface area contributed by atoms with Gasteiger partial charge >= 0.3 is 29.5 Å².